The van der Waals surface area contributed by atoms with Gasteiger partial charge in [-0.15, -0.1) is 0 Å². The number of hydrogen-bond donors (Lipinski definition) is 3. The maximum absolute atomic E-state index is 12.1. The summed E-state index contributed by atoms with van der Waals surface area (Å²) in [6, 6.07) is 16.7. The number of nitrogens with one attached hydrogen (secondary N) is 3. The number of amides is 2. The Hall–Kier alpha value is -2.86. The minimum Gasteiger partial charge on any atom is -0.383 e. The number of anilines is 1. The fourth-order valence-electron chi connectivity index (χ4n) is 2.41. The molecule has 0 saturated carbocycles. The minimum absolute atomic E-state index is 0.0522. The van der Waals surface area contributed by atoms with Gasteiger partial charge < -0.3 is 20.7 Å². The Morgan fingerprint density at radius 2 is 1.73 bits per heavy atom. The third-order valence-corrected chi connectivity index (χ3v) is 3.87. The second-order valence-corrected chi connectivity index (χ2v) is 5.88. The van der Waals surface area contributed by atoms with E-state index in [4.69, 9.17) is 4.74 Å². The first-order valence-electron chi connectivity index (χ1n) is 8.55. The molecule has 26 heavy (non-hydrogen) atoms. The van der Waals surface area contributed by atoms with Crippen molar-refractivity contribution in [1.82, 2.24) is 10.6 Å². The van der Waals surface area contributed by atoms with Gasteiger partial charge in [-0.3, -0.25) is 9.59 Å². The third kappa shape index (κ3) is 6.22. The normalized spacial score (nSPS) is 11.5. The molecule has 0 radical (unpaired) electrons. The number of rotatable bonds is 9. The highest BCUT2D eigenvalue weighted by molar-refractivity contribution is 5.94. The Bertz CT molecular complexity index is 702. The second-order valence-electron chi connectivity index (χ2n) is 5.88. The maximum Gasteiger partial charge on any atom is 0.251 e. The van der Waals surface area contributed by atoms with Crippen LogP contribution in [-0.4, -0.2) is 38.6 Å². The first-order chi connectivity index (χ1) is 12.6. The number of carbonyl (C=O) groups is 2. The Kier molecular flexibility index (Phi) is 7.64. The SMILES string of the molecule is COCCNC(=O)c1ccc(NCC(=O)NC(C)c2ccccc2)cc1. The molecule has 0 bridgehead atoms. The largest absolute Gasteiger partial charge is 0.383 e. The first kappa shape index (κ1) is 19.5. The number of methoxy groups -OCH3 is 1. The van der Waals surface area contributed by atoms with Gasteiger partial charge in [0.15, 0.2) is 0 Å². The van der Waals surface area contributed by atoms with Crippen LogP contribution in [0.15, 0.2) is 54.6 Å². The number of benzene rings is 2. The highest BCUT2D eigenvalue weighted by Crippen LogP contribution is 2.12. The fourth-order valence-corrected chi connectivity index (χ4v) is 2.41. The summed E-state index contributed by atoms with van der Waals surface area (Å²) in [6.07, 6.45) is 0. The fraction of sp³-hybridized carbons (Fsp3) is 0.300. The highest BCUT2D eigenvalue weighted by atomic mass is 16.5. The van der Waals surface area contributed by atoms with Gasteiger partial charge in [-0.1, -0.05) is 30.3 Å². The van der Waals surface area contributed by atoms with E-state index in [1.165, 1.54) is 0 Å². The number of carbonyl (C=O) groups excluding carboxylic acids is 2. The lowest BCUT2D eigenvalue weighted by Crippen LogP contribution is -2.32. The van der Waals surface area contributed by atoms with Crippen molar-refractivity contribution in [2.24, 2.45) is 0 Å². The van der Waals surface area contributed by atoms with Crippen molar-refractivity contribution >= 4 is 17.5 Å². The molecule has 0 aliphatic rings. The van der Waals surface area contributed by atoms with Crippen LogP contribution in [0.3, 0.4) is 0 Å². The Morgan fingerprint density at radius 3 is 2.38 bits per heavy atom. The van der Waals surface area contributed by atoms with Crippen LogP contribution in [0.1, 0.15) is 28.9 Å². The average molecular weight is 355 g/mol. The van der Waals surface area contributed by atoms with Gasteiger partial charge in [-0.05, 0) is 36.8 Å². The molecule has 0 aliphatic carbocycles. The van der Waals surface area contributed by atoms with Gasteiger partial charge in [-0.25, -0.2) is 0 Å². The predicted octanol–water partition coefficient (Wildman–Crippen LogP) is 2.35. The molecular formula is C20H25N3O3. The Labute approximate surface area is 153 Å². The van der Waals surface area contributed by atoms with Crippen LogP contribution < -0.4 is 16.0 Å². The van der Waals surface area contributed by atoms with Gasteiger partial charge in [0.05, 0.1) is 19.2 Å². The highest BCUT2D eigenvalue weighted by Gasteiger charge is 2.09. The molecule has 1 atom stereocenters. The Balaban J connectivity index is 1.78. The molecular weight excluding hydrogens is 330 g/mol. The quantitative estimate of drug-likeness (QED) is 0.603. The molecule has 0 aromatic heterocycles. The van der Waals surface area contributed by atoms with Crippen molar-refractivity contribution in [2.45, 2.75) is 13.0 Å². The van der Waals surface area contributed by atoms with Gasteiger partial charge in [0.1, 0.15) is 0 Å². The average Bonchev–Trinajstić information content (AvgIpc) is 2.67. The van der Waals surface area contributed by atoms with Crippen molar-refractivity contribution in [3.05, 3.63) is 65.7 Å². The molecule has 138 valence electrons. The van der Waals surface area contributed by atoms with Gasteiger partial charge in [-0.2, -0.15) is 0 Å². The number of ether oxygens (including phenoxy) is 1. The molecule has 0 spiro atoms. The molecule has 6 heteroatoms. The van der Waals surface area contributed by atoms with E-state index in [1.807, 2.05) is 37.3 Å². The summed E-state index contributed by atoms with van der Waals surface area (Å²) in [5.41, 5.74) is 2.40. The molecule has 6 nitrogen and oxygen atoms in total. The lowest BCUT2D eigenvalue weighted by Gasteiger charge is -2.15. The van der Waals surface area contributed by atoms with E-state index in [1.54, 1.807) is 31.4 Å². The maximum atomic E-state index is 12.1. The van der Waals surface area contributed by atoms with E-state index in [-0.39, 0.29) is 24.4 Å². The summed E-state index contributed by atoms with van der Waals surface area (Å²) in [7, 11) is 1.59. The molecule has 3 N–H and O–H groups in total. The molecule has 1 unspecified atom stereocenters. The van der Waals surface area contributed by atoms with Crippen molar-refractivity contribution in [2.75, 3.05) is 32.1 Å². The molecule has 2 rings (SSSR count). The smallest absolute Gasteiger partial charge is 0.251 e. The summed E-state index contributed by atoms with van der Waals surface area (Å²) in [6.45, 7) is 3.05. The molecule has 2 amide bonds. The van der Waals surface area contributed by atoms with Crippen LogP contribution in [0.4, 0.5) is 5.69 Å². The van der Waals surface area contributed by atoms with E-state index in [9.17, 15) is 9.59 Å². The van der Waals surface area contributed by atoms with Crippen molar-refractivity contribution in [3.8, 4) is 0 Å². The van der Waals surface area contributed by atoms with Crippen LogP contribution in [0, 0.1) is 0 Å². The van der Waals surface area contributed by atoms with Crippen molar-refractivity contribution in [3.63, 3.8) is 0 Å². The van der Waals surface area contributed by atoms with Gasteiger partial charge >= 0.3 is 0 Å². The minimum atomic E-state index is -0.150. The van der Waals surface area contributed by atoms with Gasteiger partial charge in [0.2, 0.25) is 5.91 Å². The zero-order valence-electron chi connectivity index (χ0n) is 15.1. The topological polar surface area (TPSA) is 79.5 Å². The van der Waals surface area contributed by atoms with E-state index < -0.39 is 0 Å². The van der Waals surface area contributed by atoms with E-state index in [0.29, 0.717) is 18.7 Å². The molecule has 0 saturated heterocycles. The standard InChI is InChI=1S/C20H25N3O3/c1-15(16-6-4-3-5-7-16)23-19(24)14-22-18-10-8-17(9-11-18)20(25)21-12-13-26-2/h3-11,15,22H,12-14H2,1-2H3,(H,21,25)(H,23,24). The number of hydrogen-bond acceptors (Lipinski definition) is 4. The summed E-state index contributed by atoms with van der Waals surface area (Å²) in [5.74, 6) is -0.245. The van der Waals surface area contributed by atoms with Crippen LogP contribution in [-0.2, 0) is 9.53 Å². The summed E-state index contributed by atoms with van der Waals surface area (Å²) in [5, 5.41) is 8.76. The van der Waals surface area contributed by atoms with Crippen LogP contribution in [0.25, 0.3) is 0 Å². The summed E-state index contributed by atoms with van der Waals surface area (Å²) < 4.78 is 4.89. The molecule has 2 aromatic carbocycles. The third-order valence-electron chi connectivity index (χ3n) is 3.87. The zero-order chi connectivity index (χ0) is 18.8. The lowest BCUT2D eigenvalue weighted by atomic mass is 10.1. The molecule has 0 aliphatic heterocycles. The Morgan fingerprint density at radius 1 is 1.04 bits per heavy atom. The van der Waals surface area contributed by atoms with Crippen molar-refractivity contribution < 1.29 is 14.3 Å². The first-order valence-corrected chi connectivity index (χ1v) is 8.55. The summed E-state index contributed by atoms with van der Waals surface area (Å²) in [4.78, 5) is 24.0. The van der Waals surface area contributed by atoms with Crippen LogP contribution >= 0.6 is 0 Å². The van der Waals surface area contributed by atoms with Gasteiger partial charge in [0.25, 0.3) is 5.91 Å². The van der Waals surface area contributed by atoms with E-state index >= 15 is 0 Å². The monoisotopic (exact) mass is 355 g/mol. The van der Waals surface area contributed by atoms with E-state index in [0.717, 1.165) is 11.3 Å². The van der Waals surface area contributed by atoms with Crippen LogP contribution in [0.2, 0.25) is 0 Å². The van der Waals surface area contributed by atoms with E-state index in [2.05, 4.69) is 16.0 Å². The molecule has 0 fully saturated rings. The lowest BCUT2D eigenvalue weighted by molar-refractivity contribution is -0.120. The summed E-state index contributed by atoms with van der Waals surface area (Å²) >= 11 is 0. The predicted molar refractivity (Wildman–Crippen MR) is 102 cm³/mol. The molecule has 0 heterocycles. The van der Waals surface area contributed by atoms with Gasteiger partial charge in [0, 0.05) is 24.9 Å². The van der Waals surface area contributed by atoms with Crippen molar-refractivity contribution in [1.29, 1.82) is 0 Å². The second kappa shape index (κ2) is 10.2. The zero-order valence-corrected chi connectivity index (χ0v) is 15.1. The van der Waals surface area contributed by atoms with Crippen LogP contribution in [0.5, 0.6) is 0 Å². The molecule has 2 aromatic rings.